The number of methoxy groups -OCH3 is 1. The molecule has 0 aliphatic carbocycles. The first-order valence-electron chi connectivity index (χ1n) is 11.8. The molecule has 4 rings (SSSR count). The van der Waals surface area contributed by atoms with Gasteiger partial charge in [0.1, 0.15) is 18.0 Å². The molecular formula is C29H25Br2NO5S. The molecule has 4 aromatic rings. The Balaban J connectivity index is 1.63. The summed E-state index contributed by atoms with van der Waals surface area (Å²) in [6.45, 7) is 1.74. The number of hydrogen-bond acceptors (Lipinski definition) is 6. The summed E-state index contributed by atoms with van der Waals surface area (Å²) in [5, 5.41) is 1.82. The van der Waals surface area contributed by atoms with Crippen molar-refractivity contribution in [2.24, 2.45) is 0 Å². The van der Waals surface area contributed by atoms with Crippen LogP contribution in [-0.2, 0) is 16.0 Å². The second-order valence-corrected chi connectivity index (χ2v) is 10.8. The van der Waals surface area contributed by atoms with Crippen LogP contribution in [0.15, 0.2) is 87.1 Å². The summed E-state index contributed by atoms with van der Waals surface area (Å²) in [5.74, 6) is 1.15. The van der Waals surface area contributed by atoms with Crippen molar-refractivity contribution in [3.63, 3.8) is 0 Å². The highest BCUT2D eigenvalue weighted by Gasteiger charge is 2.24. The largest absolute Gasteiger partial charge is 0.496 e. The number of rotatable bonds is 10. The highest BCUT2D eigenvalue weighted by Crippen LogP contribution is 2.41. The SMILES string of the molecule is CCOC(=O)CN(C(=O)c1cccs1)c1cc(Br)c(Oc2ccc(OC)c(Cc3ccccc3)c2)c(Br)c1. The molecule has 0 saturated heterocycles. The Labute approximate surface area is 242 Å². The fraction of sp³-hybridized carbons (Fsp3) is 0.172. The fourth-order valence-corrected chi connectivity index (χ4v) is 5.84. The minimum absolute atomic E-state index is 0.217. The van der Waals surface area contributed by atoms with Gasteiger partial charge in [0.15, 0.2) is 5.75 Å². The molecule has 0 atom stereocenters. The van der Waals surface area contributed by atoms with Crippen molar-refractivity contribution in [3.8, 4) is 17.2 Å². The molecule has 0 N–H and O–H groups in total. The zero-order chi connectivity index (χ0) is 27.1. The summed E-state index contributed by atoms with van der Waals surface area (Å²) >= 11 is 8.49. The monoisotopic (exact) mass is 657 g/mol. The van der Waals surface area contributed by atoms with Crippen LogP contribution < -0.4 is 14.4 Å². The quantitative estimate of drug-likeness (QED) is 0.162. The van der Waals surface area contributed by atoms with Crippen molar-refractivity contribution < 1.29 is 23.8 Å². The Morgan fingerprint density at radius 3 is 2.32 bits per heavy atom. The molecule has 1 amide bonds. The highest BCUT2D eigenvalue weighted by atomic mass is 79.9. The van der Waals surface area contributed by atoms with E-state index in [9.17, 15) is 9.59 Å². The first kappa shape index (κ1) is 27.9. The molecule has 38 heavy (non-hydrogen) atoms. The number of hydrogen-bond donors (Lipinski definition) is 0. The summed E-state index contributed by atoms with van der Waals surface area (Å²) in [5.41, 5.74) is 2.66. The number of halogens is 2. The second kappa shape index (κ2) is 13.1. The van der Waals surface area contributed by atoms with Crippen molar-refractivity contribution in [2.45, 2.75) is 13.3 Å². The minimum Gasteiger partial charge on any atom is -0.496 e. The lowest BCUT2D eigenvalue weighted by atomic mass is 10.0. The summed E-state index contributed by atoms with van der Waals surface area (Å²) in [6.07, 6.45) is 0.691. The van der Waals surface area contributed by atoms with Crippen LogP contribution in [0.25, 0.3) is 0 Å². The van der Waals surface area contributed by atoms with E-state index in [1.807, 2.05) is 41.8 Å². The summed E-state index contributed by atoms with van der Waals surface area (Å²) < 4.78 is 18.2. The lowest BCUT2D eigenvalue weighted by Crippen LogP contribution is -2.36. The van der Waals surface area contributed by atoms with Gasteiger partial charge in [-0.3, -0.25) is 14.5 Å². The number of anilines is 1. The second-order valence-electron chi connectivity index (χ2n) is 8.15. The van der Waals surface area contributed by atoms with Crippen molar-refractivity contribution in [1.82, 2.24) is 0 Å². The highest BCUT2D eigenvalue weighted by molar-refractivity contribution is 9.11. The van der Waals surface area contributed by atoms with Gasteiger partial charge in [0.2, 0.25) is 0 Å². The van der Waals surface area contributed by atoms with E-state index in [0.29, 0.717) is 37.4 Å². The minimum atomic E-state index is -0.492. The van der Waals surface area contributed by atoms with Crippen LogP contribution in [0.3, 0.4) is 0 Å². The third-order valence-corrected chi connectivity index (χ3v) is 7.61. The van der Waals surface area contributed by atoms with Gasteiger partial charge in [-0.15, -0.1) is 11.3 Å². The van der Waals surface area contributed by atoms with E-state index in [1.165, 1.54) is 16.2 Å². The predicted molar refractivity (Wildman–Crippen MR) is 157 cm³/mol. The molecule has 0 radical (unpaired) electrons. The number of nitrogens with zero attached hydrogens (tertiary/aromatic N) is 1. The Morgan fingerprint density at radius 1 is 0.947 bits per heavy atom. The van der Waals surface area contributed by atoms with Crippen LogP contribution in [-0.4, -0.2) is 32.1 Å². The lowest BCUT2D eigenvalue weighted by molar-refractivity contribution is -0.141. The smallest absolute Gasteiger partial charge is 0.326 e. The van der Waals surface area contributed by atoms with Crippen LogP contribution in [0.4, 0.5) is 5.69 Å². The lowest BCUT2D eigenvalue weighted by Gasteiger charge is -2.23. The van der Waals surface area contributed by atoms with E-state index in [2.05, 4.69) is 44.0 Å². The van der Waals surface area contributed by atoms with E-state index in [-0.39, 0.29) is 19.1 Å². The van der Waals surface area contributed by atoms with Gasteiger partial charge in [0.25, 0.3) is 5.91 Å². The molecule has 1 heterocycles. The molecule has 0 spiro atoms. The number of carbonyl (C=O) groups excluding carboxylic acids is 2. The predicted octanol–water partition coefficient (Wildman–Crippen LogP) is 7.87. The maximum absolute atomic E-state index is 13.2. The van der Waals surface area contributed by atoms with E-state index in [4.69, 9.17) is 14.2 Å². The average molecular weight is 659 g/mol. The van der Waals surface area contributed by atoms with Crippen molar-refractivity contribution in [1.29, 1.82) is 0 Å². The van der Waals surface area contributed by atoms with Gasteiger partial charge in [-0.05, 0) is 86.1 Å². The normalized spacial score (nSPS) is 10.6. The van der Waals surface area contributed by atoms with Gasteiger partial charge >= 0.3 is 5.97 Å². The average Bonchev–Trinajstić information content (AvgIpc) is 3.45. The molecular weight excluding hydrogens is 634 g/mol. The van der Waals surface area contributed by atoms with Crippen LogP contribution in [0.2, 0.25) is 0 Å². The van der Waals surface area contributed by atoms with E-state index in [1.54, 1.807) is 38.3 Å². The van der Waals surface area contributed by atoms with Gasteiger partial charge in [-0.2, -0.15) is 0 Å². The number of ether oxygens (including phenoxy) is 3. The van der Waals surface area contributed by atoms with E-state index >= 15 is 0 Å². The van der Waals surface area contributed by atoms with Crippen LogP contribution in [0.1, 0.15) is 27.7 Å². The van der Waals surface area contributed by atoms with Crippen LogP contribution in [0.5, 0.6) is 17.2 Å². The van der Waals surface area contributed by atoms with Crippen molar-refractivity contribution in [3.05, 3.63) is 103 Å². The fourth-order valence-electron chi connectivity index (χ4n) is 3.84. The first-order valence-corrected chi connectivity index (χ1v) is 14.2. The summed E-state index contributed by atoms with van der Waals surface area (Å²) in [7, 11) is 1.65. The van der Waals surface area contributed by atoms with Gasteiger partial charge in [0.05, 0.1) is 27.5 Å². The van der Waals surface area contributed by atoms with Crippen molar-refractivity contribution in [2.75, 3.05) is 25.2 Å². The standard InChI is InChI=1S/C29H25Br2NO5S/c1-3-36-27(33)18-32(29(34)26-10-7-13-38-26)21-16-23(30)28(24(31)17-21)37-22-11-12-25(35-2)20(15-22)14-19-8-5-4-6-9-19/h4-13,15-17H,3,14,18H2,1-2H3. The van der Waals surface area contributed by atoms with Crippen LogP contribution >= 0.6 is 43.2 Å². The number of esters is 1. The summed E-state index contributed by atoms with van der Waals surface area (Å²) in [6, 6.07) is 22.8. The van der Waals surface area contributed by atoms with E-state index < -0.39 is 5.97 Å². The first-order chi connectivity index (χ1) is 18.4. The molecule has 0 saturated carbocycles. The number of benzene rings is 3. The molecule has 196 valence electrons. The maximum Gasteiger partial charge on any atom is 0.326 e. The molecule has 0 fully saturated rings. The molecule has 0 aliphatic rings. The molecule has 0 unspecified atom stereocenters. The summed E-state index contributed by atoms with van der Waals surface area (Å²) in [4.78, 5) is 27.5. The van der Waals surface area contributed by atoms with Crippen molar-refractivity contribution >= 4 is 60.8 Å². The van der Waals surface area contributed by atoms with Crippen LogP contribution in [0, 0.1) is 0 Å². The Hall–Kier alpha value is -3.14. The van der Waals surface area contributed by atoms with Gasteiger partial charge < -0.3 is 14.2 Å². The molecule has 6 nitrogen and oxygen atoms in total. The Morgan fingerprint density at radius 2 is 1.68 bits per heavy atom. The zero-order valence-electron chi connectivity index (χ0n) is 20.8. The third-order valence-electron chi connectivity index (χ3n) is 5.57. The maximum atomic E-state index is 13.2. The molecule has 0 aliphatic heterocycles. The third kappa shape index (κ3) is 6.83. The molecule has 1 aromatic heterocycles. The Bertz CT molecular complexity index is 1390. The molecule has 0 bridgehead atoms. The number of carbonyl (C=O) groups is 2. The van der Waals surface area contributed by atoms with Gasteiger partial charge in [-0.25, -0.2) is 0 Å². The number of amides is 1. The Kier molecular flexibility index (Phi) is 9.60. The van der Waals surface area contributed by atoms with E-state index in [0.717, 1.165) is 16.9 Å². The van der Waals surface area contributed by atoms with Gasteiger partial charge in [0, 0.05) is 17.7 Å². The van der Waals surface area contributed by atoms with Gasteiger partial charge in [-0.1, -0.05) is 36.4 Å². The molecule has 9 heteroatoms. The number of thiophene rings is 1. The topological polar surface area (TPSA) is 65.1 Å². The molecule has 3 aromatic carbocycles. The zero-order valence-corrected chi connectivity index (χ0v) is 24.8.